The van der Waals surface area contributed by atoms with E-state index in [1.54, 1.807) is 12.0 Å². The number of aryl methyl sites for hydroxylation is 2. The molecule has 0 spiro atoms. The Morgan fingerprint density at radius 3 is 2.69 bits per heavy atom. The van der Waals surface area contributed by atoms with Gasteiger partial charge in [0.2, 0.25) is 5.88 Å². The van der Waals surface area contributed by atoms with E-state index < -0.39 is 5.60 Å². The second-order valence-corrected chi connectivity index (χ2v) is 8.59. The number of amides is 1. The van der Waals surface area contributed by atoms with E-state index >= 15 is 0 Å². The number of aromatic nitrogens is 1. The number of pyridine rings is 1. The molecule has 0 unspecified atom stereocenters. The van der Waals surface area contributed by atoms with Crippen LogP contribution in [0.25, 0.3) is 0 Å². The Kier molecular flexibility index (Phi) is 6.29. The van der Waals surface area contributed by atoms with Crippen LogP contribution in [-0.2, 0) is 11.3 Å². The number of nitrogens with one attached hydrogen (secondary N) is 1. The number of methoxy groups -OCH3 is 1. The predicted octanol–water partition coefficient (Wildman–Crippen LogP) is 2.20. The van der Waals surface area contributed by atoms with Gasteiger partial charge in [-0.3, -0.25) is 4.79 Å². The van der Waals surface area contributed by atoms with Crippen molar-refractivity contribution < 1.29 is 14.6 Å². The first-order valence-electron chi connectivity index (χ1n) is 9.29. The maximum Gasteiger partial charge on any atom is 0.255 e. The average molecular weight is 364 g/mol. The molecule has 6 heteroatoms. The molecule has 1 fully saturated rings. The highest BCUT2D eigenvalue weighted by Crippen LogP contribution is 2.26. The smallest absolute Gasteiger partial charge is 0.255 e. The molecule has 1 aliphatic heterocycles. The van der Waals surface area contributed by atoms with Crippen LogP contribution < -0.4 is 10.1 Å². The zero-order valence-electron chi connectivity index (χ0n) is 17.0. The molecule has 0 radical (unpaired) electrons. The van der Waals surface area contributed by atoms with Crippen molar-refractivity contribution in [3.8, 4) is 5.88 Å². The molecule has 26 heavy (non-hydrogen) atoms. The van der Waals surface area contributed by atoms with Crippen molar-refractivity contribution in [3.05, 3.63) is 22.9 Å². The normalized spacial score (nSPS) is 21.2. The number of rotatable bonds is 6. The molecule has 0 bridgehead atoms. The van der Waals surface area contributed by atoms with Crippen LogP contribution in [0.2, 0.25) is 0 Å². The molecule has 6 nitrogen and oxygen atoms in total. The van der Waals surface area contributed by atoms with Crippen LogP contribution in [0.15, 0.2) is 6.07 Å². The lowest BCUT2D eigenvalue weighted by atomic mass is 9.88. The Bertz CT molecular complexity index is 654. The number of piperidine rings is 1. The highest BCUT2D eigenvalue weighted by Gasteiger charge is 2.42. The lowest BCUT2D eigenvalue weighted by molar-refractivity contribution is -0.158. The fourth-order valence-electron chi connectivity index (χ4n) is 3.56. The molecule has 1 aliphatic rings. The molecule has 2 heterocycles. The zero-order valence-corrected chi connectivity index (χ0v) is 17.0. The van der Waals surface area contributed by atoms with E-state index in [4.69, 9.17) is 4.74 Å². The number of carbonyl (C=O) groups excluding carboxylic acids is 1. The summed E-state index contributed by atoms with van der Waals surface area (Å²) in [7, 11) is 1.60. The quantitative estimate of drug-likeness (QED) is 0.810. The molecule has 2 rings (SSSR count). The first-order chi connectivity index (χ1) is 12.1. The largest absolute Gasteiger partial charge is 0.481 e. The average Bonchev–Trinajstić information content (AvgIpc) is 2.52. The van der Waals surface area contributed by atoms with Gasteiger partial charge < -0.3 is 20.1 Å². The Labute approximate surface area is 156 Å². The molecular weight excluding hydrogens is 330 g/mol. The Hall–Kier alpha value is -1.66. The van der Waals surface area contributed by atoms with E-state index in [9.17, 15) is 9.90 Å². The SMILES string of the molecule is COc1nc(C)cc(C)c1CNC[C@]1(O)CCCN(CC(C)(C)C)C1=O. The fraction of sp³-hybridized carbons (Fsp3) is 0.700. The van der Waals surface area contributed by atoms with Crippen LogP contribution in [0.3, 0.4) is 0 Å². The van der Waals surface area contributed by atoms with Crippen molar-refractivity contribution in [2.24, 2.45) is 5.41 Å². The van der Waals surface area contributed by atoms with E-state index in [0.717, 1.165) is 23.2 Å². The summed E-state index contributed by atoms with van der Waals surface area (Å²) in [6, 6.07) is 2.01. The minimum absolute atomic E-state index is 0.0133. The van der Waals surface area contributed by atoms with Gasteiger partial charge in [-0.15, -0.1) is 0 Å². The summed E-state index contributed by atoms with van der Waals surface area (Å²) in [5, 5.41) is 14.2. The molecule has 1 amide bonds. The number of hydrogen-bond donors (Lipinski definition) is 2. The van der Waals surface area contributed by atoms with Crippen LogP contribution in [-0.4, -0.2) is 53.2 Å². The van der Waals surface area contributed by atoms with Crippen molar-refractivity contribution in [2.45, 2.75) is 59.6 Å². The van der Waals surface area contributed by atoms with E-state index in [-0.39, 0.29) is 17.9 Å². The van der Waals surface area contributed by atoms with Gasteiger partial charge in [0, 0.05) is 37.4 Å². The maximum absolute atomic E-state index is 12.8. The minimum atomic E-state index is -1.34. The highest BCUT2D eigenvalue weighted by atomic mass is 16.5. The van der Waals surface area contributed by atoms with Gasteiger partial charge in [0.1, 0.15) is 0 Å². The van der Waals surface area contributed by atoms with E-state index in [0.29, 0.717) is 31.9 Å². The van der Waals surface area contributed by atoms with Gasteiger partial charge in [0.05, 0.1) is 7.11 Å². The van der Waals surface area contributed by atoms with Crippen molar-refractivity contribution in [2.75, 3.05) is 26.7 Å². The maximum atomic E-state index is 12.8. The molecule has 146 valence electrons. The third kappa shape index (κ3) is 4.95. The summed E-state index contributed by atoms with van der Waals surface area (Å²) in [5.41, 5.74) is 1.61. The Morgan fingerprint density at radius 1 is 1.38 bits per heavy atom. The van der Waals surface area contributed by atoms with E-state index in [2.05, 4.69) is 31.1 Å². The first-order valence-corrected chi connectivity index (χ1v) is 9.29. The van der Waals surface area contributed by atoms with Gasteiger partial charge in [-0.05, 0) is 43.7 Å². The molecule has 1 saturated heterocycles. The van der Waals surface area contributed by atoms with Crippen LogP contribution in [0, 0.1) is 19.3 Å². The summed E-state index contributed by atoms with van der Waals surface area (Å²) in [6.45, 7) is 12.3. The van der Waals surface area contributed by atoms with E-state index in [1.807, 2.05) is 19.9 Å². The molecular formula is C20H33N3O3. The minimum Gasteiger partial charge on any atom is -0.481 e. The number of nitrogens with zero attached hydrogens (tertiary/aromatic N) is 2. The summed E-state index contributed by atoms with van der Waals surface area (Å²) in [4.78, 5) is 19.0. The van der Waals surface area contributed by atoms with Crippen molar-refractivity contribution in [3.63, 3.8) is 0 Å². The van der Waals surface area contributed by atoms with Gasteiger partial charge in [0.15, 0.2) is 5.60 Å². The molecule has 0 aromatic carbocycles. The zero-order chi connectivity index (χ0) is 19.5. The van der Waals surface area contributed by atoms with Crippen molar-refractivity contribution in [1.82, 2.24) is 15.2 Å². The van der Waals surface area contributed by atoms with E-state index in [1.165, 1.54) is 0 Å². The summed E-state index contributed by atoms with van der Waals surface area (Å²) in [5.74, 6) is 0.420. The molecule has 0 saturated carbocycles. The summed E-state index contributed by atoms with van der Waals surface area (Å²) >= 11 is 0. The number of likely N-dealkylation sites (tertiary alicyclic amines) is 1. The number of ether oxygens (including phenoxy) is 1. The van der Waals surface area contributed by atoms with Gasteiger partial charge in [-0.1, -0.05) is 20.8 Å². The van der Waals surface area contributed by atoms with Crippen LogP contribution in [0.5, 0.6) is 5.88 Å². The molecule has 1 atom stereocenters. The van der Waals surface area contributed by atoms with Crippen molar-refractivity contribution in [1.29, 1.82) is 0 Å². The lowest BCUT2D eigenvalue weighted by Crippen LogP contribution is -2.59. The molecule has 1 aromatic heterocycles. The van der Waals surface area contributed by atoms with Gasteiger partial charge >= 0.3 is 0 Å². The molecule has 1 aromatic rings. The topological polar surface area (TPSA) is 74.7 Å². The lowest BCUT2D eigenvalue weighted by Gasteiger charge is -2.41. The Balaban J connectivity index is 2.03. The van der Waals surface area contributed by atoms with Gasteiger partial charge in [-0.2, -0.15) is 0 Å². The Morgan fingerprint density at radius 2 is 2.08 bits per heavy atom. The predicted molar refractivity (Wildman–Crippen MR) is 102 cm³/mol. The monoisotopic (exact) mass is 363 g/mol. The number of carbonyl (C=O) groups is 1. The van der Waals surface area contributed by atoms with Gasteiger partial charge in [0.25, 0.3) is 5.91 Å². The summed E-state index contributed by atoms with van der Waals surface area (Å²) in [6.07, 6.45) is 1.30. The second kappa shape index (κ2) is 7.92. The molecule has 2 N–H and O–H groups in total. The van der Waals surface area contributed by atoms with Crippen LogP contribution in [0.1, 0.15) is 50.4 Å². The van der Waals surface area contributed by atoms with Crippen LogP contribution >= 0.6 is 0 Å². The van der Waals surface area contributed by atoms with Crippen LogP contribution in [0.4, 0.5) is 0 Å². The standard InChI is InChI=1S/C20H33N3O3/c1-14-10-15(2)22-17(26-6)16(14)11-21-12-20(25)8-7-9-23(18(20)24)13-19(3,4)5/h10,21,25H,7-9,11-13H2,1-6H3/t20-/m1/s1. The summed E-state index contributed by atoms with van der Waals surface area (Å²) < 4.78 is 5.38. The fourth-order valence-corrected chi connectivity index (χ4v) is 3.56. The second-order valence-electron chi connectivity index (χ2n) is 8.59. The third-order valence-corrected chi connectivity index (χ3v) is 4.72. The van der Waals surface area contributed by atoms with Crippen molar-refractivity contribution >= 4 is 5.91 Å². The molecule has 0 aliphatic carbocycles. The third-order valence-electron chi connectivity index (χ3n) is 4.72. The van der Waals surface area contributed by atoms with Gasteiger partial charge in [-0.25, -0.2) is 4.98 Å². The number of aliphatic hydroxyl groups is 1. The highest BCUT2D eigenvalue weighted by molar-refractivity contribution is 5.86. The first kappa shape index (κ1) is 20.6. The number of hydrogen-bond acceptors (Lipinski definition) is 5.